The van der Waals surface area contributed by atoms with Gasteiger partial charge in [-0.3, -0.25) is 9.59 Å². The van der Waals surface area contributed by atoms with Gasteiger partial charge in [0.25, 0.3) is 5.91 Å². The molecule has 0 radical (unpaired) electrons. The minimum atomic E-state index is -0.949. The van der Waals surface area contributed by atoms with Crippen molar-refractivity contribution in [3.8, 4) is 5.69 Å². The summed E-state index contributed by atoms with van der Waals surface area (Å²) in [6, 6.07) is 2.08. The number of carbonyl (C=O) groups is 2. The lowest BCUT2D eigenvalue weighted by Gasteiger charge is -2.30. The molecule has 0 saturated carbocycles. The number of nitrogens with one attached hydrogen (secondary N) is 2. The quantitative estimate of drug-likeness (QED) is 0.546. The maximum Gasteiger partial charge on any atom is 0.272 e. The lowest BCUT2D eigenvalue weighted by Crippen LogP contribution is -2.53. The van der Waals surface area contributed by atoms with Crippen LogP contribution in [0.1, 0.15) is 54.3 Å². The second-order valence-corrected chi connectivity index (χ2v) is 9.29. The number of aromatic nitrogens is 4. The molecule has 0 spiro atoms. The summed E-state index contributed by atoms with van der Waals surface area (Å²) < 4.78 is 40.3. The molecule has 4 rings (SSSR count). The number of ether oxygens (including phenoxy) is 1. The molecule has 2 amide bonds. The monoisotopic (exact) mass is 488 g/mol. The molecule has 1 aliphatic rings. The van der Waals surface area contributed by atoms with Gasteiger partial charge < -0.3 is 19.8 Å². The van der Waals surface area contributed by atoms with Gasteiger partial charge in [-0.05, 0) is 17.5 Å². The largest absolute Gasteiger partial charge is 0.424 e. The number of hydrogen-bond donors (Lipinski definition) is 2. The summed E-state index contributed by atoms with van der Waals surface area (Å²) >= 11 is 0. The van der Waals surface area contributed by atoms with E-state index in [-0.39, 0.29) is 30.4 Å². The maximum atomic E-state index is 14.5. The summed E-state index contributed by atoms with van der Waals surface area (Å²) in [6.07, 6.45) is 0.359. The van der Waals surface area contributed by atoms with Crippen molar-refractivity contribution >= 4 is 11.8 Å². The lowest BCUT2D eigenvalue weighted by atomic mass is 9.86. The van der Waals surface area contributed by atoms with Gasteiger partial charge >= 0.3 is 0 Å². The number of nitrogens with zero attached hydrogens (tertiary/aromatic N) is 4. The SMILES string of the molecule is Cc1nnc(CNC(=O)[C@@H](NC(=O)c2nn(-c3cc(F)ccc3F)c3c2COCC3)C(C)(C)C)o1. The van der Waals surface area contributed by atoms with Crippen LogP contribution in [0.25, 0.3) is 5.69 Å². The van der Waals surface area contributed by atoms with Crippen LogP contribution in [0.2, 0.25) is 0 Å². The molecule has 186 valence electrons. The van der Waals surface area contributed by atoms with Gasteiger partial charge in [-0.1, -0.05) is 20.8 Å². The minimum absolute atomic E-state index is 0.00115. The predicted octanol–water partition coefficient (Wildman–Crippen LogP) is 2.38. The van der Waals surface area contributed by atoms with E-state index in [1.807, 2.05) is 0 Å². The van der Waals surface area contributed by atoms with Gasteiger partial charge in [0.05, 0.1) is 25.5 Å². The molecule has 1 aromatic carbocycles. The number of rotatable bonds is 6. The average molecular weight is 488 g/mol. The van der Waals surface area contributed by atoms with Crippen molar-refractivity contribution in [1.82, 2.24) is 30.6 Å². The lowest BCUT2D eigenvalue weighted by molar-refractivity contribution is -0.125. The molecule has 1 atom stereocenters. The van der Waals surface area contributed by atoms with E-state index in [9.17, 15) is 18.4 Å². The Morgan fingerprint density at radius 3 is 2.69 bits per heavy atom. The highest BCUT2D eigenvalue weighted by Crippen LogP contribution is 2.27. The van der Waals surface area contributed by atoms with Gasteiger partial charge in [0.2, 0.25) is 17.7 Å². The molecule has 2 aromatic heterocycles. The summed E-state index contributed by atoms with van der Waals surface area (Å²) in [4.78, 5) is 26.3. The Morgan fingerprint density at radius 1 is 1.23 bits per heavy atom. The second-order valence-electron chi connectivity index (χ2n) is 9.29. The number of carbonyl (C=O) groups excluding carboxylic acids is 2. The Balaban J connectivity index is 1.61. The standard InChI is InChI=1S/C23H26F2N6O4/c1-12-28-29-18(35-12)10-26-22(33)20(23(2,3)4)27-21(32)19-14-11-34-8-7-16(14)31(30-19)17-9-13(24)5-6-15(17)25/h5-6,9,20H,7-8,10-11H2,1-4H3,(H,26,33)(H,27,32)/t20-/m1/s1. The van der Waals surface area contributed by atoms with Crippen LogP contribution in [0.15, 0.2) is 22.6 Å². The number of hydrogen-bond acceptors (Lipinski definition) is 7. The normalized spacial score (nSPS) is 14.3. The van der Waals surface area contributed by atoms with Crippen LogP contribution in [-0.2, 0) is 29.1 Å². The van der Waals surface area contributed by atoms with Gasteiger partial charge in [-0.15, -0.1) is 10.2 Å². The summed E-state index contributed by atoms with van der Waals surface area (Å²) in [6.45, 7) is 7.46. The Kier molecular flexibility index (Phi) is 6.66. The first-order chi connectivity index (χ1) is 16.5. The first kappa shape index (κ1) is 24.5. The Morgan fingerprint density at radius 2 is 2.00 bits per heavy atom. The Hall–Kier alpha value is -3.67. The summed E-state index contributed by atoms with van der Waals surface area (Å²) in [5.41, 5.74) is 0.222. The second kappa shape index (κ2) is 9.53. The molecule has 0 aliphatic carbocycles. The molecule has 10 nitrogen and oxygen atoms in total. The molecule has 12 heteroatoms. The average Bonchev–Trinajstić information content (AvgIpc) is 3.40. The smallest absolute Gasteiger partial charge is 0.272 e. The fraction of sp³-hybridized carbons (Fsp3) is 0.435. The van der Waals surface area contributed by atoms with Crippen molar-refractivity contribution in [1.29, 1.82) is 0 Å². The van der Waals surface area contributed by atoms with Crippen molar-refractivity contribution in [2.45, 2.75) is 53.3 Å². The van der Waals surface area contributed by atoms with E-state index in [1.165, 1.54) is 4.68 Å². The van der Waals surface area contributed by atoms with Crippen LogP contribution >= 0.6 is 0 Å². The molecule has 35 heavy (non-hydrogen) atoms. The summed E-state index contributed by atoms with van der Waals surface area (Å²) in [5, 5.41) is 17.3. The van der Waals surface area contributed by atoms with Gasteiger partial charge in [0.1, 0.15) is 23.4 Å². The number of fused-ring (bicyclic) bond motifs is 1. The first-order valence-electron chi connectivity index (χ1n) is 11.1. The van der Waals surface area contributed by atoms with Crippen molar-refractivity contribution in [3.63, 3.8) is 0 Å². The van der Waals surface area contributed by atoms with Gasteiger partial charge in [-0.2, -0.15) is 5.10 Å². The van der Waals surface area contributed by atoms with Crippen LogP contribution in [0, 0.1) is 24.0 Å². The van der Waals surface area contributed by atoms with E-state index >= 15 is 0 Å². The third-order valence-electron chi connectivity index (χ3n) is 5.56. The molecule has 3 aromatic rings. The van der Waals surface area contributed by atoms with Crippen molar-refractivity contribution in [2.24, 2.45) is 5.41 Å². The molecule has 0 fully saturated rings. The number of aryl methyl sites for hydroxylation is 1. The fourth-order valence-corrected chi connectivity index (χ4v) is 3.82. The molecule has 1 aliphatic heterocycles. The highest BCUT2D eigenvalue weighted by Gasteiger charge is 2.35. The van der Waals surface area contributed by atoms with E-state index in [4.69, 9.17) is 9.15 Å². The molecule has 0 bridgehead atoms. The highest BCUT2D eigenvalue weighted by atomic mass is 19.1. The van der Waals surface area contributed by atoms with E-state index in [2.05, 4.69) is 25.9 Å². The van der Waals surface area contributed by atoms with E-state index in [0.717, 1.165) is 18.2 Å². The Labute approximate surface area is 200 Å². The zero-order valence-corrected chi connectivity index (χ0v) is 19.8. The van der Waals surface area contributed by atoms with Crippen LogP contribution in [0.5, 0.6) is 0 Å². The molecule has 3 heterocycles. The maximum absolute atomic E-state index is 14.5. The van der Waals surface area contributed by atoms with Gasteiger partial charge in [0.15, 0.2) is 5.69 Å². The van der Waals surface area contributed by atoms with Crippen molar-refractivity contribution in [3.05, 3.63) is 58.6 Å². The van der Waals surface area contributed by atoms with E-state index in [0.29, 0.717) is 30.2 Å². The van der Waals surface area contributed by atoms with Gasteiger partial charge in [0, 0.05) is 25.0 Å². The summed E-state index contributed by atoms with van der Waals surface area (Å²) in [5.74, 6) is -1.81. The first-order valence-corrected chi connectivity index (χ1v) is 11.1. The minimum Gasteiger partial charge on any atom is -0.424 e. The molecule has 0 unspecified atom stereocenters. The van der Waals surface area contributed by atoms with Crippen molar-refractivity contribution < 1.29 is 27.5 Å². The molecular formula is C23H26F2N6O4. The molecular weight excluding hydrogens is 462 g/mol. The third kappa shape index (κ3) is 5.21. The third-order valence-corrected chi connectivity index (χ3v) is 5.56. The topological polar surface area (TPSA) is 124 Å². The number of amides is 2. The predicted molar refractivity (Wildman–Crippen MR) is 118 cm³/mol. The van der Waals surface area contributed by atoms with Crippen molar-refractivity contribution in [2.75, 3.05) is 6.61 Å². The zero-order valence-electron chi connectivity index (χ0n) is 19.8. The van der Waals surface area contributed by atoms with E-state index < -0.39 is 34.9 Å². The number of halogens is 2. The van der Waals surface area contributed by atoms with E-state index in [1.54, 1.807) is 27.7 Å². The fourth-order valence-electron chi connectivity index (χ4n) is 3.82. The molecule has 0 saturated heterocycles. The molecule has 2 N–H and O–H groups in total. The summed E-state index contributed by atoms with van der Waals surface area (Å²) in [7, 11) is 0. The van der Waals surface area contributed by atoms with Crippen LogP contribution in [0.4, 0.5) is 8.78 Å². The van der Waals surface area contributed by atoms with Crippen LogP contribution < -0.4 is 10.6 Å². The van der Waals surface area contributed by atoms with Crippen LogP contribution in [0.3, 0.4) is 0 Å². The zero-order chi connectivity index (χ0) is 25.3. The Bertz CT molecular complexity index is 1260. The number of benzene rings is 1. The van der Waals surface area contributed by atoms with Gasteiger partial charge in [-0.25, -0.2) is 13.5 Å². The highest BCUT2D eigenvalue weighted by molar-refractivity contribution is 5.97. The van der Waals surface area contributed by atoms with Crippen LogP contribution in [-0.4, -0.2) is 44.4 Å².